The molecule has 0 unspecified atom stereocenters. The molecule has 35 heavy (non-hydrogen) atoms. The molecule has 0 saturated carbocycles. The van der Waals surface area contributed by atoms with E-state index in [0.29, 0.717) is 11.3 Å². The Morgan fingerprint density at radius 3 is 2.60 bits per heavy atom. The zero-order valence-corrected chi connectivity index (χ0v) is 19.8. The summed E-state index contributed by atoms with van der Waals surface area (Å²) in [6.45, 7) is 10.2. The minimum atomic E-state index is -0.557. The van der Waals surface area contributed by atoms with Gasteiger partial charge in [0.1, 0.15) is 11.9 Å². The number of rotatable bonds is 8. The maximum atomic E-state index is 15.0. The van der Waals surface area contributed by atoms with E-state index in [1.807, 2.05) is 36.6 Å². The molecule has 0 radical (unpaired) electrons. The maximum absolute atomic E-state index is 15.0. The Hall–Kier alpha value is -3.72. The van der Waals surface area contributed by atoms with Crippen LogP contribution in [0.1, 0.15) is 12.5 Å². The van der Waals surface area contributed by atoms with Gasteiger partial charge >= 0.3 is 6.09 Å². The number of benzene rings is 2. The first-order chi connectivity index (χ1) is 16.9. The second-order valence-corrected chi connectivity index (χ2v) is 8.63. The van der Waals surface area contributed by atoms with Gasteiger partial charge in [0.05, 0.1) is 25.0 Å². The molecule has 0 aromatic heterocycles. The SMILES string of the molecule is C=CCN1CCN(N=Cc2ccc(-c3ccc(N4C[C@H](CNC(C)=O)OC4=O)cc3F)cc2)CC1. The smallest absolute Gasteiger partial charge is 0.414 e. The van der Waals surface area contributed by atoms with Crippen molar-refractivity contribution in [1.29, 1.82) is 0 Å². The monoisotopic (exact) mass is 479 g/mol. The summed E-state index contributed by atoms with van der Waals surface area (Å²) < 4.78 is 20.2. The highest BCUT2D eigenvalue weighted by atomic mass is 19.1. The van der Waals surface area contributed by atoms with Crippen LogP contribution in [0, 0.1) is 5.82 Å². The Balaban J connectivity index is 1.37. The Morgan fingerprint density at radius 2 is 1.94 bits per heavy atom. The molecule has 0 spiro atoms. The highest BCUT2D eigenvalue weighted by Gasteiger charge is 2.32. The molecule has 1 atom stereocenters. The lowest BCUT2D eigenvalue weighted by molar-refractivity contribution is -0.119. The van der Waals surface area contributed by atoms with E-state index in [9.17, 15) is 14.0 Å². The molecule has 0 bridgehead atoms. The lowest BCUT2D eigenvalue weighted by Gasteiger charge is -2.32. The Kier molecular flexibility index (Phi) is 7.77. The van der Waals surface area contributed by atoms with Gasteiger partial charge in [-0.15, -0.1) is 6.58 Å². The van der Waals surface area contributed by atoms with Gasteiger partial charge in [-0.3, -0.25) is 19.6 Å². The number of hydrogen-bond acceptors (Lipinski definition) is 6. The number of anilines is 1. The lowest BCUT2D eigenvalue weighted by atomic mass is 10.0. The first-order valence-electron chi connectivity index (χ1n) is 11.7. The summed E-state index contributed by atoms with van der Waals surface area (Å²) in [5, 5.41) is 9.25. The number of halogens is 1. The number of nitrogens with zero attached hydrogens (tertiary/aromatic N) is 4. The van der Waals surface area contributed by atoms with Crippen LogP contribution in [0.4, 0.5) is 14.9 Å². The third-order valence-electron chi connectivity index (χ3n) is 6.04. The van der Waals surface area contributed by atoms with Gasteiger partial charge < -0.3 is 10.1 Å². The van der Waals surface area contributed by atoms with Crippen molar-refractivity contribution >= 4 is 23.9 Å². The fourth-order valence-corrected chi connectivity index (χ4v) is 4.12. The van der Waals surface area contributed by atoms with Gasteiger partial charge in [0, 0.05) is 45.2 Å². The van der Waals surface area contributed by atoms with Crippen LogP contribution in [0.2, 0.25) is 0 Å². The summed E-state index contributed by atoms with van der Waals surface area (Å²) in [5.41, 5.74) is 2.53. The van der Waals surface area contributed by atoms with E-state index in [1.165, 1.54) is 17.9 Å². The molecule has 4 rings (SSSR count). The molecular weight excluding hydrogens is 449 g/mol. The third-order valence-corrected chi connectivity index (χ3v) is 6.04. The minimum absolute atomic E-state index is 0.200. The summed E-state index contributed by atoms with van der Waals surface area (Å²) in [5.74, 6) is -0.631. The van der Waals surface area contributed by atoms with Crippen LogP contribution in [0.5, 0.6) is 0 Å². The van der Waals surface area contributed by atoms with E-state index in [0.717, 1.165) is 43.9 Å². The number of hydrazone groups is 1. The minimum Gasteiger partial charge on any atom is -0.442 e. The fourth-order valence-electron chi connectivity index (χ4n) is 4.12. The summed E-state index contributed by atoms with van der Waals surface area (Å²) in [4.78, 5) is 27.0. The predicted molar refractivity (Wildman–Crippen MR) is 134 cm³/mol. The Morgan fingerprint density at radius 1 is 1.20 bits per heavy atom. The summed E-state index contributed by atoms with van der Waals surface area (Å²) in [7, 11) is 0. The summed E-state index contributed by atoms with van der Waals surface area (Å²) >= 11 is 0. The van der Waals surface area contributed by atoms with E-state index in [-0.39, 0.29) is 19.0 Å². The molecule has 184 valence electrons. The van der Waals surface area contributed by atoms with E-state index < -0.39 is 18.0 Å². The number of hydrogen-bond donors (Lipinski definition) is 1. The molecule has 0 aliphatic carbocycles. The van der Waals surface area contributed by atoms with Crippen LogP contribution in [0.25, 0.3) is 11.1 Å². The highest BCUT2D eigenvalue weighted by molar-refractivity contribution is 5.90. The maximum Gasteiger partial charge on any atom is 0.414 e. The van der Waals surface area contributed by atoms with Crippen LogP contribution >= 0.6 is 0 Å². The van der Waals surface area contributed by atoms with Crippen LogP contribution in [-0.2, 0) is 9.53 Å². The first kappa shape index (κ1) is 24.4. The average Bonchev–Trinajstić information content (AvgIpc) is 3.23. The van der Waals surface area contributed by atoms with Crippen molar-refractivity contribution in [2.75, 3.05) is 50.7 Å². The fraction of sp³-hybridized carbons (Fsp3) is 0.346. The van der Waals surface area contributed by atoms with Crippen molar-refractivity contribution in [3.05, 3.63) is 66.5 Å². The number of amides is 2. The van der Waals surface area contributed by atoms with Gasteiger partial charge in [-0.1, -0.05) is 30.3 Å². The topological polar surface area (TPSA) is 77.5 Å². The van der Waals surface area contributed by atoms with Gasteiger partial charge in [-0.25, -0.2) is 9.18 Å². The molecule has 2 aliphatic rings. The quantitative estimate of drug-likeness (QED) is 0.465. The van der Waals surface area contributed by atoms with Gasteiger partial charge in [-0.2, -0.15) is 5.10 Å². The van der Waals surface area contributed by atoms with E-state index in [2.05, 4.69) is 26.9 Å². The molecule has 9 heteroatoms. The van der Waals surface area contributed by atoms with Gasteiger partial charge in [-0.05, 0) is 29.3 Å². The van der Waals surface area contributed by atoms with Crippen LogP contribution in [0.3, 0.4) is 0 Å². The van der Waals surface area contributed by atoms with Gasteiger partial charge in [0.25, 0.3) is 0 Å². The number of ether oxygens (including phenoxy) is 1. The van der Waals surface area contributed by atoms with E-state index in [4.69, 9.17) is 4.74 Å². The zero-order chi connectivity index (χ0) is 24.8. The predicted octanol–water partition coefficient (Wildman–Crippen LogP) is 3.09. The molecule has 2 aromatic rings. The second kappa shape index (κ2) is 11.1. The van der Waals surface area contributed by atoms with Crippen LogP contribution < -0.4 is 10.2 Å². The molecule has 2 aromatic carbocycles. The average molecular weight is 480 g/mol. The van der Waals surface area contributed by atoms with E-state index >= 15 is 0 Å². The van der Waals surface area contributed by atoms with Gasteiger partial charge in [0.15, 0.2) is 0 Å². The molecular formula is C26H30FN5O3. The molecule has 2 amide bonds. The largest absolute Gasteiger partial charge is 0.442 e. The van der Waals surface area contributed by atoms with Crippen molar-refractivity contribution in [2.45, 2.75) is 13.0 Å². The van der Waals surface area contributed by atoms with Crippen LogP contribution in [-0.4, -0.2) is 80.0 Å². The number of nitrogens with one attached hydrogen (secondary N) is 1. The molecule has 2 aliphatic heterocycles. The lowest BCUT2D eigenvalue weighted by Crippen LogP contribution is -2.43. The van der Waals surface area contributed by atoms with Crippen molar-refractivity contribution < 1.29 is 18.7 Å². The third kappa shape index (κ3) is 6.24. The number of carbonyl (C=O) groups is 2. The molecule has 2 heterocycles. The van der Waals surface area contributed by atoms with Crippen molar-refractivity contribution in [3.8, 4) is 11.1 Å². The second-order valence-electron chi connectivity index (χ2n) is 8.63. The molecule has 8 nitrogen and oxygen atoms in total. The van der Waals surface area contributed by atoms with Crippen LogP contribution in [0.15, 0.2) is 60.2 Å². The first-order valence-corrected chi connectivity index (χ1v) is 11.7. The number of cyclic esters (lactones) is 1. The zero-order valence-electron chi connectivity index (χ0n) is 19.8. The molecule has 1 N–H and O–H groups in total. The molecule has 2 fully saturated rings. The van der Waals surface area contributed by atoms with Crippen molar-refractivity contribution in [3.63, 3.8) is 0 Å². The number of carbonyl (C=O) groups excluding carboxylic acids is 2. The molecule has 2 saturated heterocycles. The van der Waals surface area contributed by atoms with Crippen molar-refractivity contribution in [2.24, 2.45) is 5.10 Å². The summed E-state index contributed by atoms with van der Waals surface area (Å²) in [6, 6.07) is 12.2. The highest BCUT2D eigenvalue weighted by Crippen LogP contribution is 2.29. The number of piperazine rings is 1. The Labute approximate surface area is 204 Å². The van der Waals surface area contributed by atoms with Crippen molar-refractivity contribution in [1.82, 2.24) is 15.2 Å². The van der Waals surface area contributed by atoms with E-state index in [1.54, 1.807) is 12.1 Å². The normalized spacial score (nSPS) is 18.7. The Bertz CT molecular complexity index is 1100. The standard InChI is InChI=1S/C26H30FN5O3/c1-3-10-30-11-13-31(14-12-30)29-16-20-4-6-21(7-5-20)24-9-8-22(15-25(24)27)32-18-23(35-26(32)34)17-28-19(2)33/h3-9,15-16,23H,1,10-14,17-18H2,2H3,(H,28,33)/t23-/m0/s1. The van der Waals surface area contributed by atoms with Gasteiger partial charge in [0.2, 0.25) is 5.91 Å². The summed E-state index contributed by atoms with van der Waals surface area (Å²) in [6.07, 6.45) is 2.71.